The lowest BCUT2D eigenvalue weighted by Gasteiger charge is -2.04. The van der Waals surface area contributed by atoms with Gasteiger partial charge in [0, 0.05) is 11.6 Å². The maximum Gasteiger partial charge on any atom is 0.208 e. The highest BCUT2D eigenvalue weighted by atomic mass is 35.5. The first kappa shape index (κ1) is 13.1. The minimum Gasteiger partial charge on any atom is -0.444 e. The summed E-state index contributed by atoms with van der Waals surface area (Å²) >= 11 is 6.08. The van der Waals surface area contributed by atoms with Crippen molar-refractivity contribution in [3.63, 3.8) is 0 Å². The molecule has 1 aromatic carbocycles. The van der Waals surface area contributed by atoms with Gasteiger partial charge in [0.2, 0.25) is 5.89 Å². The number of aryl methyl sites for hydroxylation is 3. The largest absolute Gasteiger partial charge is 0.444 e. The molecule has 4 heteroatoms. The third kappa shape index (κ3) is 3.12. The molecule has 0 spiro atoms. The van der Waals surface area contributed by atoms with Gasteiger partial charge in [-0.15, -0.1) is 0 Å². The highest BCUT2D eigenvalue weighted by molar-refractivity contribution is 6.31. The van der Waals surface area contributed by atoms with Gasteiger partial charge in [-0.05, 0) is 38.0 Å². The van der Waals surface area contributed by atoms with Crippen LogP contribution in [0.5, 0.6) is 0 Å². The van der Waals surface area contributed by atoms with Gasteiger partial charge in [0.05, 0.1) is 12.2 Å². The lowest BCUT2D eigenvalue weighted by molar-refractivity contribution is 0.448. The topological polar surface area (TPSA) is 38.1 Å². The first-order valence-electron chi connectivity index (χ1n) is 5.95. The summed E-state index contributed by atoms with van der Waals surface area (Å²) in [5.41, 5.74) is 3.20. The normalized spacial score (nSPS) is 10.9. The number of hydrogen-bond donors (Lipinski definition) is 1. The molecule has 18 heavy (non-hydrogen) atoms. The summed E-state index contributed by atoms with van der Waals surface area (Å²) in [6.45, 7) is 7.24. The van der Waals surface area contributed by atoms with Crippen molar-refractivity contribution in [1.29, 1.82) is 0 Å². The van der Waals surface area contributed by atoms with E-state index in [1.54, 1.807) is 0 Å². The van der Waals surface area contributed by atoms with Crippen molar-refractivity contribution in [3.05, 3.63) is 51.7 Å². The molecule has 0 fully saturated rings. The molecule has 0 aliphatic rings. The molecule has 96 valence electrons. The second kappa shape index (κ2) is 5.55. The Kier molecular flexibility index (Phi) is 4.04. The van der Waals surface area contributed by atoms with Crippen LogP contribution in [0.1, 0.15) is 28.5 Å². The third-order valence-corrected chi connectivity index (χ3v) is 3.32. The van der Waals surface area contributed by atoms with Crippen molar-refractivity contribution >= 4 is 11.6 Å². The van der Waals surface area contributed by atoms with E-state index in [0.29, 0.717) is 6.54 Å². The molecule has 0 bridgehead atoms. The van der Waals surface area contributed by atoms with Crippen LogP contribution < -0.4 is 5.32 Å². The highest BCUT2D eigenvalue weighted by Gasteiger charge is 2.05. The molecular formula is C14H17ClN2O. The fourth-order valence-electron chi connectivity index (χ4n) is 1.67. The van der Waals surface area contributed by atoms with E-state index >= 15 is 0 Å². The molecule has 2 rings (SSSR count). The Morgan fingerprint density at radius 2 is 2.00 bits per heavy atom. The van der Waals surface area contributed by atoms with E-state index < -0.39 is 0 Å². The number of nitrogens with one attached hydrogen (secondary N) is 1. The summed E-state index contributed by atoms with van der Waals surface area (Å²) in [6, 6.07) is 6.08. The molecular weight excluding hydrogens is 248 g/mol. The van der Waals surface area contributed by atoms with Crippen molar-refractivity contribution in [2.75, 3.05) is 0 Å². The van der Waals surface area contributed by atoms with Crippen LogP contribution in [0.15, 0.2) is 22.6 Å². The zero-order valence-electron chi connectivity index (χ0n) is 10.9. The first-order valence-corrected chi connectivity index (χ1v) is 6.32. The highest BCUT2D eigenvalue weighted by Crippen LogP contribution is 2.16. The van der Waals surface area contributed by atoms with Crippen LogP contribution in [-0.2, 0) is 13.1 Å². The standard InChI is InChI=1S/C14H17ClN2O/c1-9-4-5-12(6-13(9)15)7-16-8-14-17-10(2)11(3)18-14/h4-6,16H,7-8H2,1-3H3. The number of halogens is 1. The molecule has 0 amide bonds. The average Bonchev–Trinajstić information content (AvgIpc) is 2.63. The van der Waals surface area contributed by atoms with Crippen LogP contribution in [0.25, 0.3) is 0 Å². The Bertz CT molecular complexity index is 529. The first-order chi connectivity index (χ1) is 8.56. The molecule has 0 atom stereocenters. The monoisotopic (exact) mass is 264 g/mol. The minimum atomic E-state index is 0.625. The quantitative estimate of drug-likeness (QED) is 0.918. The predicted octanol–water partition coefficient (Wildman–Crippen LogP) is 3.54. The molecule has 0 aliphatic heterocycles. The van der Waals surface area contributed by atoms with E-state index in [0.717, 1.165) is 40.0 Å². The van der Waals surface area contributed by atoms with E-state index in [1.807, 2.05) is 32.9 Å². The summed E-state index contributed by atoms with van der Waals surface area (Å²) in [6.07, 6.45) is 0. The van der Waals surface area contributed by atoms with Gasteiger partial charge in [0.15, 0.2) is 0 Å². The van der Waals surface area contributed by atoms with Crippen molar-refractivity contribution in [2.24, 2.45) is 0 Å². The van der Waals surface area contributed by atoms with Gasteiger partial charge in [-0.2, -0.15) is 0 Å². The molecule has 3 nitrogen and oxygen atoms in total. The fourth-order valence-corrected chi connectivity index (χ4v) is 1.88. The molecule has 0 saturated carbocycles. The molecule has 1 N–H and O–H groups in total. The Morgan fingerprint density at radius 3 is 2.61 bits per heavy atom. The van der Waals surface area contributed by atoms with Gasteiger partial charge in [0.25, 0.3) is 0 Å². The van der Waals surface area contributed by atoms with E-state index in [1.165, 1.54) is 0 Å². The van der Waals surface area contributed by atoms with E-state index in [-0.39, 0.29) is 0 Å². The second-order valence-electron chi connectivity index (χ2n) is 4.44. The molecule has 0 aliphatic carbocycles. The van der Waals surface area contributed by atoms with E-state index in [9.17, 15) is 0 Å². The Morgan fingerprint density at radius 1 is 1.22 bits per heavy atom. The van der Waals surface area contributed by atoms with Gasteiger partial charge >= 0.3 is 0 Å². The van der Waals surface area contributed by atoms with Crippen LogP contribution in [0.3, 0.4) is 0 Å². The molecule has 1 heterocycles. The van der Waals surface area contributed by atoms with Crippen LogP contribution in [0, 0.1) is 20.8 Å². The molecule has 1 aromatic heterocycles. The Balaban J connectivity index is 1.90. The predicted molar refractivity (Wildman–Crippen MR) is 72.7 cm³/mol. The number of aromatic nitrogens is 1. The van der Waals surface area contributed by atoms with Crippen LogP contribution in [0.4, 0.5) is 0 Å². The number of nitrogens with zero attached hydrogens (tertiary/aromatic N) is 1. The third-order valence-electron chi connectivity index (χ3n) is 2.91. The average molecular weight is 265 g/mol. The van der Waals surface area contributed by atoms with E-state index in [4.69, 9.17) is 16.0 Å². The number of hydrogen-bond acceptors (Lipinski definition) is 3. The van der Waals surface area contributed by atoms with Gasteiger partial charge in [-0.1, -0.05) is 23.7 Å². The zero-order chi connectivity index (χ0) is 13.1. The summed E-state index contributed by atoms with van der Waals surface area (Å²) in [4.78, 5) is 4.32. The van der Waals surface area contributed by atoms with E-state index in [2.05, 4.69) is 16.4 Å². The number of oxazole rings is 1. The SMILES string of the molecule is Cc1ccc(CNCc2nc(C)c(C)o2)cc1Cl. The lowest BCUT2D eigenvalue weighted by Crippen LogP contribution is -2.12. The van der Waals surface area contributed by atoms with Gasteiger partial charge < -0.3 is 9.73 Å². The van der Waals surface area contributed by atoms with Gasteiger partial charge in [-0.3, -0.25) is 0 Å². The zero-order valence-corrected chi connectivity index (χ0v) is 11.6. The minimum absolute atomic E-state index is 0.625. The number of benzene rings is 1. The molecule has 0 unspecified atom stereocenters. The maximum atomic E-state index is 6.08. The second-order valence-corrected chi connectivity index (χ2v) is 4.84. The van der Waals surface area contributed by atoms with Crippen molar-refractivity contribution in [2.45, 2.75) is 33.9 Å². The van der Waals surface area contributed by atoms with Crippen LogP contribution >= 0.6 is 11.6 Å². The number of rotatable bonds is 4. The molecule has 0 saturated heterocycles. The van der Waals surface area contributed by atoms with Gasteiger partial charge in [0.1, 0.15) is 5.76 Å². The Hall–Kier alpha value is -1.32. The maximum absolute atomic E-state index is 6.08. The molecule has 0 radical (unpaired) electrons. The molecule has 2 aromatic rings. The summed E-state index contributed by atoms with van der Waals surface area (Å²) in [7, 11) is 0. The van der Waals surface area contributed by atoms with Crippen molar-refractivity contribution < 1.29 is 4.42 Å². The van der Waals surface area contributed by atoms with Crippen LogP contribution in [-0.4, -0.2) is 4.98 Å². The van der Waals surface area contributed by atoms with Crippen molar-refractivity contribution in [3.8, 4) is 0 Å². The Labute approximate surface area is 112 Å². The fraction of sp³-hybridized carbons (Fsp3) is 0.357. The van der Waals surface area contributed by atoms with Gasteiger partial charge in [-0.25, -0.2) is 4.98 Å². The summed E-state index contributed by atoms with van der Waals surface area (Å²) in [5, 5.41) is 4.09. The van der Waals surface area contributed by atoms with Crippen molar-refractivity contribution in [1.82, 2.24) is 10.3 Å². The van der Waals surface area contributed by atoms with Crippen LogP contribution in [0.2, 0.25) is 5.02 Å². The summed E-state index contributed by atoms with van der Waals surface area (Å²) in [5.74, 6) is 1.60. The summed E-state index contributed by atoms with van der Waals surface area (Å²) < 4.78 is 5.50. The smallest absolute Gasteiger partial charge is 0.208 e. The lowest BCUT2D eigenvalue weighted by atomic mass is 10.1.